The van der Waals surface area contributed by atoms with E-state index in [0.717, 1.165) is 0 Å². The molecule has 3 heteroatoms. The molecular formula is C22H25N3. The second-order valence-corrected chi connectivity index (χ2v) is 7.67. The summed E-state index contributed by atoms with van der Waals surface area (Å²) in [5.74, 6) is 0. The zero-order chi connectivity index (χ0) is 17.1. The number of nitrogens with zero attached hydrogens (tertiary/aromatic N) is 3. The third-order valence-electron chi connectivity index (χ3n) is 6.21. The van der Waals surface area contributed by atoms with Crippen molar-refractivity contribution in [2.24, 2.45) is 5.41 Å². The van der Waals surface area contributed by atoms with E-state index in [9.17, 15) is 0 Å². The largest absolute Gasteiger partial charge is 0.306 e. The molecule has 0 N–H and O–H groups in total. The standard InChI is InChI=1S/C22H25N3/c23-16-18-4-6-19(7-5-18)21(25-15-14-24-17-25)20-8-12-22(13-9-20)10-2-1-3-11-22/h4-7,14-15,17H,1-3,8-13H2. The molecule has 2 fully saturated rings. The molecule has 0 aliphatic heterocycles. The Balaban J connectivity index is 1.66. The third kappa shape index (κ3) is 3.26. The maximum atomic E-state index is 9.06. The molecule has 0 atom stereocenters. The number of nitriles is 1. The van der Waals surface area contributed by atoms with Crippen molar-refractivity contribution in [1.82, 2.24) is 9.55 Å². The summed E-state index contributed by atoms with van der Waals surface area (Å²) in [4.78, 5) is 4.26. The fourth-order valence-corrected chi connectivity index (χ4v) is 4.75. The van der Waals surface area contributed by atoms with Gasteiger partial charge in [-0.25, -0.2) is 4.98 Å². The number of benzene rings is 1. The number of imidazole rings is 1. The average Bonchev–Trinajstić information content (AvgIpc) is 3.19. The van der Waals surface area contributed by atoms with Crippen LogP contribution in [0.3, 0.4) is 0 Å². The molecule has 2 aliphatic carbocycles. The molecule has 25 heavy (non-hydrogen) atoms. The van der Waals surface area contributed by atoms with Crippen molar-refractivity contribution >= 4 is 5.70 Å². The van der Waals surface area contributed by atoms with Gasteiger partial charge in [-0.2, -0.15) is 5.26 Å². The van der Waals surface area contributed by atoms with E-state index in [4.69, 9.17) is 5.26 Å². The van der Waals surface area contributed by atoms with Gasteiger partial charge in [0.2, 0.25) is 0 Å². The molecule has 1 heterocycles. The topological polar surface area (TPSA) is 41.6 Å². The van der Waals surface area contributed by atoms with Gasteiger partial charge in [-0.15, -0.1) is 0 Å². The highest BCUT2D eigenvalue weighted by atomic mass is 15.0. The summed E-state index contributed by atoms with van der Waals surface area (Å²) >= 11 is 0. The Hall–Kier alpha value is -2.34. The first-order chi connectivity index (χ1) is 12.3. The van der Waals surface area contributed by atoms with Gasteiger partial charge in [-0.05, 0) is 67.2 Å². The number of hydrogen-bond acceptors (Lipinski definition) is 2. The van der Waals surface area contributed by atoms with Gasteiger partial charge in [-0.3, -0.25) is 0 Å². The Labute approximate surface area is 150 Å². The lowest BCUT2D eigenvalue weighted by Crippen LogP contribution is -2.27. The quantitative estimate of drug-likeness (QED) is 0.725. The lowest BCUT2D eigenvalue weighted by molar-refractivity contribution is 0.142. The van der Waals surface area contributed by atoms with Crippen LogP contribution in [-0.4, -0.2) is 9.55 Å². The second kappa shape index (κ2) is 6.88. The lowest BCUT2D eigenvalue weighted by Gasteiger charge is -2.41. The molecule has 0 unspecified atom stereocenters. The number of rotatable bonds is 2. The molecular weight excluding hydrogens is 306 g/mol. The van der Waals surface area contributed by atoms with Crippen LogP contribution in [0.4, 0.5) is 0 Å². The highest BCUT2D eigenvalue weighted by Gasteiger charge is 2.35. The summed E-state index contributed by atoms with van der Waals surface area (Å²) in [7, 11) is 0. The Morgan fingerprint density at radius 1 is 1.00 bits per heavy atom. The molecule has 2 saturated carbocycles. The van der Waals surface area contributed by atoms with Crippen LogP contribution in [0, 0.1) is 16.7 Å². The Bertz CT molecular complexity index is 773. The first kappa shape index (κ1) is 16.1. The number of hydrogen-bond donors (Lipinski definition) is 0. The predicted molar refractivity (Wildman–Crippen MR) is 99.7 cm³/mol. The van der Waals surface area contributed by atoms with E-state index in [-0.39, 0.29) is 0 Å². The van der Waals surface area contributed by atoms with Gasteiger partial charge in [0, 0.05) is 12.4 Å². The van der Waals surface area contributed by atoms with Gasteiger partial charge >= 0.3 is 0 Å². The van der Waals surface area contributed by atoms with Crippen molar-refractivity contribution in [2.75, 3.05) is 0 Å². The maximum Gasteiger partial charge on any atom is 0.0991 e. The van der Waals surface area contributed by atoms with Crippen LogP contribution in [0.2, 0.25) is 0 Å². The summed E-state index contributed by atoms with van der Waals surface area (Å²) < 4.78 is 2.15. The summed E-state index contributed by atoms with van der Waals surface area (Å²) in [6, 6.07) is 10.2. The summed E-state index contributed by atoms with van der Waals surface area (Å²) in [6.07, 6.45) is 17.9. The molecule has 0 saturated heterocycles. The minimum atomic E-state index is 0.618. The maximum absolute atomic E-state index is 9.06. The number of allylic oxidation sites excluding steroid dienone is 1. The summed E-state index contributed by atoms with van der Waals surface area (Å²) in [5.41, 5.74) is 5.33. The van der Waals surface area contributed by atoms with E-state index in [1.165, 1.54) is 69.0 Å². The van der Waals surface area contributed by atoms with Crippen LogP contribution < -0.4 is 0 Å². The summed E-state index contributed by atoms with van der Waals surface area (Å²) in [6.45, 7) is 0. The van der Waals surface area contributed by atoms with E-state index in [2.05, 4.69) is 27.8 Å². The molecule has 1 aromatic heterocycles. The highest BCUT2D eigenvalue weighted by molar-refractivity contribution is 5.69. The van der Waals surface area contributed by atoms with Crippen molar-refractivity contribution in [3.05, 3.63) is 59.7 Å². The zero-order valence-corrected chi connectivity index (χ0v) is 14.7. The second-order valence-electron chi connectivity index (χ2n) is 7.67. The van der Waals surface area contributed by atoms with Gasteiger partial charge in [-0.1, -0.05) is 31.4 Å². The third-order valence-corrected chi connectivity index (χ3v) is 6.21. The average molecular weight is 331 g/mol. The van der Waals surface area contributed by atoms with E-state index in [0.29, 0.717) is 11.0 Å². The van der Waals surface area contributed by atoms with Crippen LogP contribution >= 0.6 is 0 Å². The normalized spacial score (nSPS) is 19.6. The van der Waals surface area contributed by atoms with Crippen molar-refractivity contribution < 1.29 is 0 Å². The monoisotopic (exact) mass is 331 g/mol. The highest BCUT2D eigenvalue weighted by Crippen LogP contribution is 2.49. The molecule has 0 bridgehead atoms. The SMILES string of the molecule is N#Cc1ccc(C(=C2CCC3(CCCCC3)CC2)n2ccnc2)cc1. The molecule has 1 aromatic carbocycles. The molecule has 2 aromatic rings. The van der Waals surface area contributed by atoms with Gasteiger partial charge in [0.25, 0.3) is 0 Å². The summed E-state index contributed by atoms with van der Waals surface area (Å²) in [5, 5.41) is 9.06. The molecule has 2 aliphatic rings. The fourth-order valence-electron chi connectivity index (χ4n) is 4.75. The molecule has 0 radical (unpaired) electrons. The minimum absolute atomic E-state index is 0.618. The lowest BCUT2D eigenvalue weighted by atomic mass is 9.64. The van der Waals surface area contributed by atoms with Gasteiger partial charge < -0.3 is 4.57 Å². The van der Waals surface area contributed by atoms with E-state index < -0.39 is 0 Å². The Morgan fingerprint density at radius 3 is 2.32 bits per heavy atom. The predicted octanol–water partition coefficient (Wildman–Crippen LogP) is 5.54. The van der Waals surface area contributed by atoms with Crippen molar-refractivity contribution in [2.45, 2.75) is 57.8 Å². The van der Waals surface area contributed by atoms with E-state index >= 15 is 0 Å². The van der Waals surface area contributed by atoms with Crippen LogP contribution in [0.5, 0.6) is 0 Å². The zero-order valence-electron chi connectivity index (χ0n) is 14.7. The molecule has 0 amide bonds. The van der Waals surface area contributed by atoms with Crippen molar-refractivity contribution in [1.29, 1.82) is 5.26 Å². The Kier molecular flexibility index (Phi) is 4.44. The number of aromatic nitrogens is 2. The van der Waals surface area contributed by atoms with Crippen LogP contribution in [0.25, 0.3) is 5.70 Å². The van der Waals surface area contributed by atoms with Crippen LogP contribution in [0.15, 0.2) is 48.6 Å². The fraction of sp³-hybridized carbons (Fsp3) is 0.455. The first-order valence-electron chi connectivity index (χ1n) is 9.51. The first-order valence-corrected chi connectivity index (χ1v) is 9.51. The van der Waals surface area contributed by atoms with Crippen LogP contribution in [0.1, 0.15) is 68.9 Å². The smallest absolute Gasteiger partial charge is 0.0991 e. The van der Waals surface area contributed by atoms with E-state index in [1.807, 2.05) is 30.9 Å². The van der Waals surface area contributed by atoms with Crippen molar-refractivity contribution in [3.63, 3.8) is 0 Å². The molecule has 4 rings (SSSR count). The van der Waals surface area contributed by atoms with Gasteiger partial charge in [0.15, 0.2) is 0 Å². The molecule has 1 spiro atoms. The molecule has 3 nitrogen and oxygen atoms in total. The molecule has 128 valence electrons. The van der Waals surface area contributed by atoms with Gasteiger partial charge in [0.05, 0.1) is 23.7 Å². The van der Waals surface area contributed by atoms with Gasteiger partial charge in [0.1, 0.15) is 0 Å². The Morgan fingerprint density at radius 2 is 1.72 bits per heavy atom. The van der Waals surface area contributed by atoms with E-state index in [1.54, 1.807) is 5.57 Å². The van der Waals surface area contributed by atoms with Crippen LogP contribution in [-0.2, 0) is 0 Å². The van der Waals surface area contributed by atoms with Crippen molar-refractivity contribution in [3.8, 4) is 6.07 Å². The minimum Gasteiger partial charge on any atom is -0.306 e.